The number of ether oxygens (including phenoxy) is 2. The third kappa shape index (κ3) is 5.00. The van der Waals surface area contributed by atoms with Gasteiger partial charge in [0.2, 0.25) is 0 Å². The Bertz CT molecular complexity index is 1530. The minimum atomic E-state index is -0.636. The summed E-state index contributed by atoms with van der Waals surface area (Å²) in [5.74, 6) is -0.745. The van der Waals surface area contributed by atoms with Crippen molar-refractivity contribution < 1.29 is 23.9 Å². The number of nitrogens with zero attached hydrogens (tertiary/aromatic N) is 1. The lowest BCUT2D eigenvalue weighted by atomic mass is 10.1. The van der Waals surface area contributed by atoms with Crippen molar-refractivity contribution in [3.05, 3.63) is 119 Å². The molecule has 0 aliphatic carbocycles. The Hall–Kier alpha value is -4.88. The quantitative estimate of drug-likeness (QED) is 0.181. The summed E-state index contributed by atoms with van der Waals surface area (Å²) in [5, 5.41) is 2.66. The summed E-state index contributed by atoms with van der Waals surface area (Å²) in [7, 11) is 1.52. The van der Waals surface area contributed by atoms with Crippen molar-refractivity contribution in [1.29, 1.82) is 0 Å². The molecule has 1 aliphatic rings. The van der Waals surface area contributed by atoms with E-state index in [0.717, 1.165) is 16.0 Å². The smallest absolute Gasteiger partial charge is 0.343 e. The largest absolute Gasteiger partial charge is 0.497 e. The monoisotopic (exact) mass is 524 g/mol. The number of anilines is 2. The molecule has 0 bridgehead atoms. The van der Waals surface area contributed by atoms with Gasteiger partial charge in [0.1, 0.15) is 22.2 Å². The zero-order chi connectivity index (χ0) is 26.6. The van der Waals surface area contributed by atoms with Gasteiger partial charge in [-0.05, 0) is 71.8 Å². The molecule has 0 saturated carbocycles. The van der Waals surface area contributed by atoms with E-state index in [1.165, 1.54) is 7.11 Å². The van der Waals surface area contributed by atoms with Gasteiger partial charge in [0.25, 0.3) is 11.8 Å². The van der Waals surface area contributed by atoms with Crippen LogP contribution in [0.1, 0.15) is 10.4 Å². The minimum Gasteiger partial charge on any atom is -0.497 e. The molecule has 8 heteroatoms. The molecule has 2 amide bonds. The molecular weight excluding hydrogens is 504 g/mol. The third-order valence-electron chi connectivity index (χ3n) is 5.92. The van der Waals surface area contributed by atoms with E-state index >= 15 is 0 Å². The number of hydrogen-bond donors (Lipinski definition) is 1. The highest BCUT2D eigenvalue weighted by Gasteiger charge is 2.39. The highest BCUT2D eigenvalue weighted by molar-refractivity contribution is 6.53. The van der Waals surface area contributed by atoms with E-state index in [-0.39, 0.29) is 10.7 Å². The molecule has 38 heavy (non-hydrogen) atoms. The van der Waals surface area contributed by atoms with Gasteiger partial charge in [-0.3, -0.25) is 9.59 Å². The van der Waals surface area contributed by atoms with Crippen molar-refractivity contribution in [3.63, 3.8) is 0 Å². The first-order valence-electron chi connectivity index (χ1n) is 11.6. The number of nitrogens with one attached hydrogen (secondary N) is 1. The van der Waals surface area contributed by atoms with Crippen molar-refractivity contribution in [2.24, 2.45) is 0 Å². The summed E-state index contributed by atoms with van der Waals surface area (Å²) < 4.78 is 10.6. The fourth-order valence-corrected chi connectivity index (χ4v) is 4.14. The van der Waals surface area contributed by atoms with Crippen LogP contribution in [0.25, 0.3) is 11.1 Å². The third-order valence-corrected chi connectivity index (χ3v) is 6.27. The van der Waals surface area contributed by atoms with Gasteiger partial charge in [0.15, 0.2) is 0 Å². The number of carbonyl (C=O) groups is 3. The summed E-state index contributed by atoms with van der Waals surface area (Å²) in [5.41, 5.74) is 3.18. The van der Waals surface area contributed by atoms with Crippen LogP contribution in [0.15, 0.2) is 114 Å². The summed E-state index contributed by atoms with van der Waals surface area (Å²) in [4.78, 5) is 39.3. The number of amides is 2. The number of imide groups is 1. The van der Waals surface area contributed by atoms with Crippen molar-refractivity contribution >= 4 is 40.8 Å². The second kappa shape index (κ2) is 10.6. The lowest BCUT2D eigenvalue weighted by Gasteiger charge is -2.15. The average molecular weight is 525 g/mol. The number of methoxy groups -OCH3 is 1. The lowest BCUT2D eigenvalue weighted by molar-refractivity contribution is -0.120. The molecule has 0 unspecified atom stereocenters. The first-order chi connectivity index (χ1) is 18.4. The van der Waals surface area contributed by atoms with Gasteiger partial charge in [-0.2, -0.15) is 0 Å². The molecule has 0 saturated heterocycles. The van der Waals surface area contributed by atoms with Gasteiger partial charge in [-0.1, -0.05) is 54.1 Å². The van der Waals surface area contributed by atoms with Gasteiger partial charge in [0.05, 0.1) is 18.4 Å². The van der Waals surface area contributed by atoms with E-state index in [0.29, 0.717) is 28.4 Å². The Morgan fingerprint density at radius 3 is 1.97 bits per heavy atom. The maximum Gasteiger partial charge on any atom is 0.343 e. The molecule has 4 aromatic carbocycles. The summed E-state index contributed by atoms with van der Waals surface area (Å²) >= 11 is 6.21. The summed E-state index contributed by atoms with van der Waals surface area (Å²) in [6.07, 6.45) is 0. The molecule has 188 valence electrons. The minimum absolute atomic E-state index is 0.0543. The maximum atomic E-state index is 13.0. The zero-order valence-corrected chi connectivity index (χ0v) is 20.9. The lowest BCUT2D eigenvalue weighted by Crippen LogP contribution is -2.32. The number of benzene rings is 4. The van der Waals surface area contributed by atoms with Crippen LogP contribution in [0.4, 0.5) is 11.4 Å². The van der Waals surface area contributed by atoms with Crippen LogP contribution < -0.4 is 19.7 Å². The molecule has 0 aromatic heterocycles. The molecule has 4 aromatic rings. The highest BCUT2D eigenvalue weighted by Crippen LogP contribution is 2.31. The molecule has 0 fully saturated rings. The number of hydrogen-bond acceptors (Lipinski definition) is 6. The van der Waals surface area contributed by atoms with Crippen LogP contribution in [0, 0.1) is 0 Å². The van der Waals surface area contributed by atoms with E-state index in [9.17, 15) is 14.4 Å². The first kappa shape index (κ1) is 24.8. The number of rotatable bonds is 7. The molecule has 0 spiro atoms. The first-order valence-corrected chi connectivity index (χ1v) is 12.0. The van der Waals surface area contributed by atoms with Crippen molar-refractivity contribution in [2.45, 2.75) is 0 Å². The molecule has 0 atom stereocenters. The Balaban J connectivity index is 1.24. The van der Waals surface area contributed by atoms with Crippen LogP contribution in [0.3, 0.4) is 0 Å². The van der Waals surface area contributed by atoms with Gasteiger partial charge in [-0.25, -0.2) is 9.69 Å². The fraction of sp³-hybridized carbons (Fsp3) is 0.0333. The van der Waals surface area contributed by atoms with E-state index in [1.807, 2.05) is 42.5 Å². The molecule has 0 radical (unpaired) electrons. The van der Waals surface area contributed by atoms with Crippen LogP contribution in [0.5, 0.6) is 11.5 Å². The maximum absolute atomic E-state index is 13.0. The average Bonchev–Trinajstić information content (AvgIpc) is 3.17. The number of halogens is 1. The van der Waals surface area contributed by atoms with Crippen LogP contribution in [0.2, 0.25) is 0 Å². The van der Waals surface area contributed by atoms with Crippen LogP contribution in [-0.2, 0) is 9.59 Å². The predicted molar refractivity (Wildman–Crippen MR) is 145 cm³/mol. The zero-order valence-electron chi connectivity index (χ0n) is 20.2. The van der Waals surface area contributed by atoms with E-state index in [4.69, 9.17) is 21.1 Å². The molecule has 1 heterocycles. The van der Waals surface area contributed by atoms with Gasteiger partial charge in [-0.15, -0.1) is 0 Å². The SMILES string of the molecule is COc1ccc(N2C(=O)C(Cl)=C(Nc3ccc(C(=O)Oc4ccc(-c5ccccc5)cc4)cc3)C2=O)cc1. The normalized spacial score (nSPS) is 13.1. The molecule has 1 aliphatic heterocycles. The van der Waals surface area contributed by atoms with E-state index in [1.54, 1.807) is 60.7 Å². The van der Waals surface area contributed by atoms with Gasteiger partial charge in [0, 0.05) is 5.69 Å². The van der Waals surface area contributed by atoms with Crippen LogP contribution in [-0.4, -0.2) is 24.9 Å². The molecule has 7 nitrogen and oxygen atoms in total. The number of carbonyl (C=O) groups excluding carboxylic acids is 3. The van der Waals surface area contributed by atoms with Crippen molar-refractivity contribution in [1.82, 2.24) is 0 Å². The standard InChI is InChI=1S/C30H21ClN2O5/c1-37-24-17-13-23(14-18-24)33-28(34)26(31)27(29(33)35)32-22-11-7-21(8-12-22)30(36)38-25-15-9-20(10-16-25)19-5-3-2-4-6-19/h2-18,32H,1H3. The second-order valence-corrected chi connectivity index (χ2v) is 8.69. The Morgan fingerprint density at radius 1 is 0.737 bits per heavy atom. The van der Waals surface area contributed by atoms with E-state index < -0.39 is 17.8 Å². The highest BCUT2D eigenvalue weighted by atomic mass is 35.5. The Labute approximate surface area is 223 Å². The second-order valence-electron chi connectivity index (χ2n) is 8.31. The van der Waals surface area contributed by atoms with Gasteiger partial charge < -0.3 is 14.8 Å². The summed E-state index contributed by atoms with van der Waals surface area (Å²) in [6, 6.07) is 29.9. The van der Waals surface area contributed by atoms with Crippen molar-refractivity contribution in [2.75, 3.05) is 17.3 Å². The van der Waals surface area contributed by atoms with Gasteiger partial charge >= 0.3 is 5.97 Å². The molecular formula is C30H21ClN2O5. The topological polar surface area (TPSA) is 84.9 Å². The fourth-order valence-electron chi connectivity index (χ4n) is 3.92. The summed E-state index contributed by atoms with van der Waals surface area (Å²) in [6.45, 7) is 0. The van der Waals surface area contributed by atoms with Crippen LogP contribution >= 0.6 is 11.6 Å². The predicted octanol–water partition coefficient (Wildman–Crippen LogP) is 6.02. The Morgan fingerprint density at radius 2 is 1.34 bits per heavy atom. The van der Waals surface area contributed by atoms with E-state index in [2.05, 4.69) is 5.32 Å². The van der Waals surface area contributed by atoms with Crippen molar-refractivity contribution in [3.8, 4) is 22.6 Å². The molecule has 5 rings (SSSR count). The molecule has 1 N–H and O–H groups in total. The number of esters is 1. The Kier molecular flexibility index (Phi) is 6.93.